The Morgan fingerprint density at radius 2 is 1.62 bits per heavy atom. The summed E-state index contributed by atoms with van der Waals surface area (Å²) in [5.41, 5.74) is 1.45. The highest BCUT2D eigenvalue weighted by Gasteiger charge is 2.76. The van der Waals surface area contributed by atoms with E-state index in [1.165, 1.54) is 11.1 Å². The van der Waals surface area contributed by atoms with Crippen molar-refractivity contribution in [2.24, 2.45) is 33.5 Å². The molecule has 0 amide bonds. The Bertz CT molecular complexity index is 1010. The lowest BCUT2D eigenvalue weighted by Gasteiger charge is -2.60. The molecular weight excluding hydrogens is 424 g/mol. The molecule has 6 rings (SSSR count). The first kappa shape index (κ1) is 23.3. The Morgan fingerprint density at radius 3 is 2.29 bits per heavy atom. The van der Waals surface area contributed by atoms with Gasteiger partial charge in [-0.05, 0) is 100 Å². The predicted octanol–water partition coefficient (Wildman–Crippen LogP) is 6.13. The fourth-order valence-electron chi connectivity index (χ4n) is 10.00. The summed E-state index contributed by atoms with van der Waals surface area (Å²) in [6.45, 7) is 15.8. The van der Waals surface area contributed by atoms with Crippen LogP contribution in [0.3, 0.4) is 0 Å². The summed E-state index contributed by atoms with van der Waals surface area (Å²) in [4.78, 5) is 14.0. The van der Waals surface area contributed by atoms with Gasteiger partial charge in [0, 0.05) is 11.3 Å². The average molecular weight is 469 g/mol. The van der Waals surface area contributed by atoms with Crippen LogP contribution < -0.4 is 0 Å². The zero-order chi connectivity index (χ0) is 24.5. The van der Waals surface area contributed by atoms with Gasteiger partial charge in [0.1, 0.15) is 5.60 Å². The van der Waals surface area contributed by atoms with Crippen molar-refractivity contribution >= 4 is 5.97 Å². The lowest BCUT2D eigenvalue weighted by molar-refractivity contribution is -0.171. The van der Waals surface area contributed by atoms with Gasteiger partial charge in [-0.3, -0.25) is 4.79 Å². The lowest BCUT2D eigenvalue weighted by Crippen LogP contribution is -2.55. The van der Waals surface area contributed by atoms with E-state index < -0.39 is 11.0 Å². The van der Waals surface area contributed by atoms with Crippen LogP contribution in [0.2, 0.25) is 0 Å². The molecule has 0 bridgehead atoms. The molecule has 1 N–H and O–H groups in total. The van der Waals surface area contributed by atoms with Crippen LogP contribution in [0.1, 0.15) is 99.8 Å². The van der Waals surface area contributed by atoms with Gasteiger partial charge in [-0.2, -0.15) is 0 Å². The zero-order valence-electron chi connectivity index (χ0n) is 22.3. The molecule has 1 spiro atoms. The summed E-state index contributed by atoms with van der Waals surface area (Å²) in [7, 11) is 0. The van der Waals surface area contributed by atoms with Gasteiger partial charge in [0.25, 0.3) is 0 Å². The van der Waals surface area contributed by atoms with E-state index >= 15 is 0 Å². The molecule has 0 aromatic rings. The number of esters is 1. The number of carbonyl (C=O) groups excluding carboxylic acids is 1. The zero-order valence-corrected chi connectivity index (χ0v) is 22.3. The Kier molecular flexibility index (Phi) is 4.51. The van der Waals surface area contributed by atoms with Crippen molar-refractivity contribution in [1.29, 1.82) is 0 Å². The summed E-state index contributed by atoms with van der Waals surface area (Å²) in [5, 5.41) is 10.8. The molecule has 2 saturated carbocycles. The Labute approximate surface area is 205 Å². The highest BCUT2D eigenvalue weighted by Crippen LogP contribution is 2.75. The van der Waals surface area contributed by atoms with Crippen molar-refractivity contribution in [3.63, 3.8) is 0 Å². The minimum atomic E-state index is -0.549. The van der Waals surface area contributed by atoms with Crippen LogP contribution in [-0.4, -0.2) is 34.5 Å². The minimum Gasteiger partial charge on any atom is -0.456 e. The van der Waals surface area contributed by atoms with Crippen LogP contribution in [0.4, 0.5) is 0 Å². The topological polar surface area (TPSA) is 55.8 Å². The predicted molar refractivity (Wildman–Crippen MR) is 132 cm³/mol. The first-order valence-electron chi connectivity index (χ1n) is 13.7. The number of fused-ring (bicyclic) bond motifs is 4. The number of hydrogen-bond acceptors (Lipinski definition) is 4. The quantitative estimate of drug-likeness (QED) is 0.471. The van der Waals surface area contributed by atoms with E-state index in [4.69, 9.17) is 9.47 Å². The maximum absolute atomic E-state index is 14.0. The van der Waals surface area contributed by atoms with Crippen molar-refractivity contribution in [3.05, 3.63) is 23.3 Å². The Hall–Kier alpha value is -1.13. The fraction of sp³-hybridized carbons (Fsp3) is 0.833. The van der Waals surface area contributed by atoms with Crippen LogP contribution in [0, 0.1) is 33.5 Å². The number of carbonyl (C=O) groups is 1. The molecule has 0 unspecified atom stereocenters. The highest BCUT2D eigenvalue weighted by molar-refractivity contribution is 5.85. The SMILES string of the molecule is CC1(C)CC[C@H]([C@]2(C)OC(=O)[C@]34CC=C5C(=CC[C@H]6C(C)(C)[C@@H](O)CC[C@]56C)[C@]3(C)CC[C@H]24)O1. The van der Waals surface area contributed by atoms with Gasteiger partial charge in [-0.1, -0.05) is 39.8 Å². The molecule has 2 heterocycles. The molecule has 2 saturated heterocycles. The highest BCUT2D eigenvalue weighted by atomic mass is 16.6. The van der Waals surface area contributed by atoms with Crippen LogP contribution in [0.25, 0.3) is 0 Å². The largest absolute Gasteiger partial charge is 0.456 e. The summed E-state index contributed by atoms with van der Waals surface area (Å²) in [6.07, 6.45) is 12.3. The molecule has 8 atom stereocenters. The molecule has 4 fully saturated rings. The van der Waals surface area contributed by atoms with E-state index in [-0.39, 0.29) is 45.9 Å². The van der Waals surface area contributed by atoms with Gasteiger partial charge in [0.2, 0.25) is 0 Å². The third-order valence-electron chi connectivity index (χ3n) is 12.1. The van der Waals surface area contributed by atoms with Crippen molar-refractivity contribution in [2.75, 3.05) is 0 Å². The number of hydrogen-bond donors (Lipinski definition) is 1. The maximum Gasteiger partial charge on any atom is 0.314 e. The molecule has 4 nitrogen and oxygen atoms in total. The smallest absolute Gasteiger partial charge is 0.314 e. The van der Waals surface area contributed by atoms with Gasteiger partial charge >= 0.3 is 5.97 Å². The van der Waals surface area contributed by atoms with E-state index in [1.54, 1.807) is 0 Å². The van der Waals surface area contributed by atoms with Crippen molar-refractivity contribution in [3.8, 4) is 0 Å². The first-order valence-corrected chi connectivity index (χ1v) is 13.7. The average Bonchev–Trinajstić information content (AvgIpc) is 3.35. The molecule has 4 aliphatic carbocycles. The van der Waals surface area contributed by atoms with E-state index in [9.17, 15) is 9.90 Å². The summed E-state index contributed by atoms with van der Waals surface area (Å²) < 4.78 is 12.9. The Morgan fingerprint density at radius 1 is 0.882 bits per heavy atom. The van der Waals surface area contributed by atoms with Crippen LogP contribution in [0.15, 0.2) is 23.3 Å². The molecule has 34 heavy (non-hydrogen) atoms. The summed E-state index contributed by atoms with van der Waals surface area (Å²) in [5.74, 6) is 0.616. The van der Waals surface area contributed by atoms with Crippen LogP contribution in [0.5, 0.6) is 0 Å². The standard InChI is InChI=1S/C30H44O4/c1-25(2)14-13-23(33-25)29(7)21-11-16-28(6)19-8-9-20-26(3,4)22(31)12-15-27(20,5)18(19)10-17-30(21,28)24(32)34-29/h8,10,20-23,31H,9,11-17H2,1-7H3/t20-,21+,22-,23+,27+,28-,29+,30+/m0/s1. The molecular formula is C30H44O4. The number of aliphatic hydroxyl groups is 1. The van der Waals surface area contributed by atoms with E-state index in [0.29, 0.717) is 5.92 Å². The van der Waals surface area contributed by atoms with E-state index in [2.05, 4.69) is 60.6 Å². The number of rotatable bonds is 1. The van der Waals surface area contributed by atoms with Gasteiger partial charge in [0.15, 0.2) is 0 Å². The van der Waals surface area contributed by atoms with Gasteiger partial charge in [-0.25, -0.2) is 0 Å². The monoisotopic (exact) mass is 468 g/mol. The maximum atomic E-state index is 14.0. The molecule has 0 aromatic heterocycles. The minimum absolute atomic E-state index is 0.0104. The second-order valence-corrected chi connectivity index (χ2v) is 14.4. The molecule has 2 aliphatic heterocycles. The summed E-state index contributed by atoms with van der Waals surface area (Å²) >= 11 is 0. The molecule has 0 aromatic carbocycles. The second kappa shape index (κ2) is 6.59. The van der Waals surface area contributed by atoms with Crippen molar-refractivity contribution in [2.45, 2.75) is 123 Å². The summed E-state index contributed by atoms with van der Waals surface area (Å²) in [6, 6.07) is 0. The Balaban J connectivity index is 1.43. The van der Waals surface area contributed by atoms with Gasteiger partial charge in [0.05, 0.1) is 23.2 Å². The molecule has 188 valence electrons. The molecule has 6 aliphatic rings. The van der Waals surface area contributed by atoms with E-state index in [0.717, 1.165) is 51.4 Å². The molecule has 4 heteroatoms. The third kappa shape index (κ3) is 2.50. The molecule has 0 radical (unpaired) electrons. The third-order valence-corrected chi connectivity index (χ3v) is 12.1. The number of ether oxygens (including phenoxy) is 2. The van der Waals surface area contributed by atoms with E-state index in [1.807, 2.05) is 0 Å². The first-order chi connectivity index (χ1) is 15.7. The van der Waals surface area contributed by atoms with Gasteiger partial charge in [-0.15, -0.1) is 0 Å². The number of aliphatic hydroxyl groups excluding tert-OH is 1. The van der Waals surface area contributed by atoms with Crippen LogP contribution >= 0.6 is 0 Å². The van der Waals surface area contributed by atoms with Gasteiger partial charge < -0.3 is 14.6 Å². The number of allylic oxidation sites excluding steroid dienone is 4. The normalized spacial score (nSPS) is 52.6. The lowest BCUT2D eigenvalue weighted by atomic mass is 9.44. The van der Waals surface area contributed by atoms with Crippen molar-refractivity contribution in [1.82, 2.24) is 0 Å². The van der Waals surface area contributed by atoms with Crippen molar-refractivity contribution < 1.29 is 19.4 Å². The number of cyclic esters (lactones) is 1. The second-order valence-electron chi connectivity index (χ2n) is 14.4. The fourth-order valence-corrected chi connectivity index (χ4v) is 10.00. The van der Waals surface area contributed by atoms with Crippen LogP contribution in [-0.2, 0) is 14.3 Å².